The van der Waals surface area contributed by atoms with Crippen LogP contribution in [-0.4, -0.2) is 18.6 Å². The fourth-order valence-electron chi connectivity index (χ4n) is 3.43. The first-order valence-corrected chi connectivity index (χ1v) is 8.26. The van der Waals surface area contributed by atoms with Crippen LogP contribution in [0, 0.1) is 6.92 Å². The van der Waals surface area contributed by atoms with E-state index in [-0.39, 0.29) is 0 Å². The Balaban J connectivity index is 2.12. The molecule has 1 N–H and O–H groups in total. The van der Waals surface area contributed by atoms with Crippen molar-refractivity contribution in [1.29, 1.82) is 0 Å². The Morgan fingerprint density at radius 1 is 1.25 bits per heavy atom. The van der Waals surface area contributed by atoms with Crippen LogP contribution in [0.4, 0.5) is 5.69 Å². The third kappa shape index (κ3) is 3.35. The number of benzene rings is 1. The van der Waals surface area contributed by atoms with E-state index in [1.807, 2.05) is 0 Å². The quantitative estimate of drug-likeness (QED) is 0.780. The Morgan fingerprint density at radius 2 is 2.05 bits per heavy atom. The van der Waals surface area contributed by atoms with Gasteiger partial charge in [0.2, 0.25) is 0 Å². The van der Waals surface area contributed by atoms with Gasteiger partial charge in [0.15, 0.2) is 0 Å². The van der Waals surface area contributed by atoms with Crippen LogP contribution in [0.15, 0.2) is 18.2 Å². The van der Waals surface area contributed by atoms with Gasteiger partial charge in [0.25, 0.3) is 0 Å². The second kappa shape index (κ2) is 7.12. The van der Waals surface area contributed by atoms with Gasteiger partial charge in [-0.3, -0.25) is 0 Å². The predicted molar refractivity (Wildman–Crippen MR) is 88.4 cm³/mol. The Kier molecular flexibility index (Phi) is 5.47. The average Bonchev–Trinajstić information content (AvgIpc) is 2.80. The number of nitrogens with one attached hydrogen (secondary N) is 1. The maximum atomic E-state index is 3.48. The zero-order valence-corrected chi connectivity index (χ0v) is 13.6. The SMILES string of the molecule is CCCNCc1ccc(N2C(C)CCC2CC)c(C)c1. The smallest absolute Gasteiger partial charge is 0.0401 e. The molecule has 0 aliphatic carbocycles. The molecule has 1 fully saturated rings. The molecule has 2 atom stereocenters. The van der Waals surface area contributed by atoms with Crippen LogP contribution < -0.4 is 10.2 Å². The molecule has 2 unspecified atom stereocenters. The molecule has 1 aliphatic heterocycles. The van der Waals surface area contributed by atoms with Crippen molar-refractivity contribution in [3.8, 4) is 0 Å². The van der Waals surface area contributed by atoms with E-state index in [4.69, 9.17) is 0 Å². The van der Waals surface area contributed by atoms with Crippen molar-refractivity contribution < 1.29 is 0 Å². The molecule has 0 saturated carbocycles. The lowest BCUT2D eigenvalue weighted by Gasteiger charge is -2.32. The van der Waals surface area contributed by atoms with Crippen LogP contribution >= 0.6 is 0 Å². The summed E-state index contributed by atoms with van der Waals surface area (Å²) in [7, 11) is 0. The van der Waals surface area contributed by atoms with E-state index in [1.165, 1.54) is 42.5 Å². The van der Waals surface area contributed by atoms with Crippen LogP contribution in [0.25, 0.3) is 0 Å². The first kappa shape index (κ1) is 15.4. The minimum absolute atomic E-state index is 0.683. The van der Waals surface area contributed by atoms with Crippen molar-refractivity contribution >= 4 is 5.69 Å². The summed E-state index contributed by atoms with van der Waals surface area (Å²) in [5, 5.41) is 3.48. The molecule has 0 aromatic heterocycles. The fourth-order valence-corrected chi connectivity index (χ4v) is 3.43. The van der Waals surface area contributed by atoms with Gasteiger partial charge in [-0.1, -0.05) is 26.0 Å². The van der Waals surface area contributed by atoms with Gasteiger partial charge >= 0.3 is 0 Å². The van der Waals surface area contributed by atoms with Gasteiger partial charge in [-0.15, -0.1) is 0 Å². The molecule has 0 spiro atoms. The zero-order chi connectivity index (χ0) is 14.5. The summed E-state index contributed by atoms with van der Waals surface area (Å²) in [5.41, 5.74) is 4.27. The average molecular weight is 274 g/mol. The van der Waals surface area contributed by atoms with E-state index in [1.54, 1.807) is 0 Å². The summed E-state index contributed by atoms with van der Waals surface area (Å²) in [6.45, 7) is 11.2. The third-order valence-electron chi connectivity index (χ3n) is 4.55. The number of hydrogen-bond donors (Lipinski definition) is 1. The second-order valence-electron chi connectivity index (χ2n) is 6.19. The van der Waals surface area contributed by atoms with Gasteiger partial charge in [0.05, 0.1) is 0 Å². The van der Waals surface area contributed by atoms with Crippen molar-refractivity contribution in [3.05, 3.63) is 29.3 Å². The molecule has 1 aliphatic rings. The molecular formula is C18H30N2. The molecule has 0 amide bonds. The predicted octanol–water partition coefficient (Wildman–Crippen LogP) is 4.26. The molecule has 1 saturated heterocycles. The molecule has 2 rings (SSSR count). The number of aryl methyl sites for hydroxylation is 1. The van der Waals surface area contributed by atoms with E-state index in [0.717, 1.165) is 19.1 Å². The Bertz CT molecular complexity index is 427. The second-order valence-corrected chi connectivity index (χ2v) is 6.19. The summed E-state index contributed by atoms with van der Waals surface area (Å²) in [6, 6.07) is 8.40. The first-order valence-electron chi connectivity index (χ1n) is 8.26. The number of rotatable bonds is 6. The molecule has 112 valence electrons. The molecule has 0 radical (unpaired) electrons. The van der Waals surface area contributed by atoms with Crippen LogP contribution in [0.5, 0.6) is 0 Å². The molecule has 1 aromatic rings. The van der Waals surface area contributed by atoms with Crippen LogP contribution in [-0.2, 0) is 6.54 Å². The van der Waals surface area contributed by atoms with Gasteiger partial charge in [0, 0.05) is 24.3 Å². The maximum Gasteiger partial charge on any atom is 0.0401 e. The van der Waals surface area contributed by atoms with Crippen LogP contribution in [0.2, 0.25) is 0 Å². The van der Waals surface area contributed by atoms with Crippen LogP contribution in [0.1, 0.15) is 57.6 Å². The van der Waals surface area contributed by atoms with Gasteiger partial charge in [-0.25, -0.2) is 0 Å². The normalized spacial score (nSPS) is 22.5. The summed E-state index contributed by atoms with van der Waals surface area (Å²) < 4.78 is 0. The van der Waals surface area contributed by atoms with Gasteiger partial charge in [0.1, 0.15) is 0 Å². The van der Waals surface area contributed by atoms with Crippen molar-refractivity contribution in [2.45, 2.75) is 72.0 Å². The van der Waals surface area contributed by atoms with Gasteiger partial charge in [-0.2, -0.15) is 0 Å². The maximum absolute atomic E-state index is 3.48. The minimum atomic E-state index is 0.683. The molecule has 2 nitrogen and oxygen atoms in total. The Morgan fingerprint density at radius 3 is 2.70 bits per heavy atom. The molecular weight excluding hydrogens is 244 g/mol. The lowest BCUT2D eigenvalue weighted by molar-refractivity contribution is 0.626. The molecule has 20 heavy (non-hydrogen) atoms. The monoisotopic (exact) mass is 274 g/mol. The highest BCUT2D eigenvalue weighted by Crippen LogP contribution is 2.34. The highest BCUT2D eigenvalue weighted by atomic mass is 15.2. The summed E-state index contributed by atoms with van der Waals surface area (Å²) in [5.74, 6) is 0. The number of nitrogens with zero attached hydrogens (tertiary/aromatic N) is 1. The van der Waals surface area contributed by atoms with Crippen LogP contribution in [0.3, 0.4) is 0 Å². The molecule has 2 heteroatoms. The first-order chi connectivity index (χ1) is 9.67. The van der Waals surface area contributed by atoms with Crippen molar-refractivity contribution in [2.24, 2.45) is 0 Å². The summed E-state index contributed by atoms with van der Waals surface area (Å²) in [6.07, 6.45) is 5.12. The standard InChI is InChI=1S/C18H30N2/c1-5-11-19-13-16-8-10-18(14(3)12-16)20-15(4)7-9-17(20)6-2/h8,10,12,15,17,19H,5-7,9,11,13H2,1-4H3. The van der Waals surface area contributed by atoms with E-state index in [2.05, 4.69) is 56.1 Å². The third-order valence-corrected chi connectivity index (χ3v) is 4.55. The number of anilines is 1. The Labute approximate surface area is 124 Å². The zero-order valence-electron chi connectivity index (χ0n) is 13.6. The topological polar surface area (TPSA) is 15.3 Å². The van der Waals surface area contributed by atoms with E-state index >= 15 is 0 Å². The van der Waals surface area contributed by atoms with E-state index in [0.29, 0.717) is 6.04 Å². The van der Waals surface area contributed by atoms with Crippen molar-refractivity contribution in [2.75, 3.05) is 11.4 Å². The summed E-state index contributed by atoms with van der Waals surface area (Å²) >= 11 is 0. The van der Waals surface area contributed by atoms with E-state index in [9.17, 15) is 0 Å². The highest BCUT2D eigenvalue weighted by Gasteiger charge is 2.30. The van der Waals surface area contributed by atoms with Gasteiger partial charge in [-0.05, 0) is 63.3 Å². The van der Waals surface area contributed by atoms with Crippen molar-refractivity contribution in [1.82, 2.24) is 5.32 Å². The molecule has 0 bridgehead atoms. The Hall–Kier alpha value is -1.02. The molecule has 1 heterocycles. The van der Waals surface area contributed by atoms with Gasteiger partial charge < -0.3 is 10.2 Å². The number of hydrogen-bond acceptors (Lipinski definition) is 2. The van der Waals surface area contributed by atoms with E-state index < -0.39 is 0 Å². The lowest BCUT2D eigenvalue weighted by atomic mass is 10.1. The highest BCUT2D eigenvalue weighted by molar-refractivity contribution is 5.56. The molecule has 1 aromatic carbocycles. The minimum Gasteiger partial charge on any atom is -0.366 e. The van der Waals surface area contributed by atoms with Crippen molar-refractivity contribution in [3.63, 3.8) is 0 Å². The summed E-state index contributed by atoms with van der Waals surface area (Å²) in [4.78, 5) is 2.65. The largest absolute Gasteiger partial charge is 0.366 e. The lowest BCUT2D eigenvalue weighted by Crippen LogP contribution is -2.34. The fraction of sp³-hybridized carbons (Fsp3) is 0.667.